The lowest BCUT2D eigenvalue weighted by Crippen LogP contribution is -2.43. The lowest BCUT2D eigenvalue weighted by atomic mass is 9.81. The molecule has 0 aromatic carbocycles. The van der Waals surface area contributed by atoms with Gasteiger partial charge in [-0.1, -0.05) is 13.8 Å². The summed E-state index contributed by atoms with van der Waals surface area (Å²) in [5.41, 5.74) is 6.41. The fourth-order valence-electron chi connectivity index (χ4n) is 3.63. The monoisotopic (exact) mass is 279 g/mol. The van der Waals surface area contributed by atoms with Crippen molar-refractivity contribution in [2.45, 2.75) is 52.1 Å². The van der Waals surface area contributed by atoms with Crippen LogP contribution in [0.2, 0.25) is 0 Å². The first-order chi connectivity index (χ1) is 9.58. The van der Waals surface area contributed by atoms with E-state index in [4.69, 9.17) is 15.5 Å². The molecule has 3 rings (SSSR count). The summed E-state index contributed by atoms with van der Waals surface area (Å²) in [6.07, 6.45) is 6.69. The van der Waals surface area contributed by atoms with Crippen molar-refractivity contribution in [3.8, 4) is 0 Å². The Morgan fingerprint density at radius 3 is 2.65 bits per heavy atom. The fourth-order valence-corrected chi connectivity index (χ4v) is 3.63. The van der Waals surface area contributed by atoms with E-state index in [9.17, 15) is 0 Å². The fraction of sp³-hybridized carbons (Fsp3) is 0.938. The van der Waals surface area contributed by atoms with Gasteiger partial charge in [-0.2, -0.15) is 0 Å². The standard InChI is InChI=1S/C16H29N3O/c1-12-5-8-19(9-6-12)15(17)18-11-16(2)7-10-20-14(16)13-3-4-13/h12-14H,3-11H2,1-2H3,(H2,17,18). The first kappa shape index (κ1) is 14.2. The van der Waals surface area contributed by atoms with Crippen LogP contribution in [-0.4, -0.2) is 43.2 Å². The summed E-state index contributed by atoms with van der Waals surface area (Å²) in [6.45, 7) is 8.51. The molecule has 0 amide bonds. The first-order valence-corrected chi connectivity index (χ1v) is 8.25. The molecule has 2 unspecified atom stereocenters. The highest BCUT2D eigenvalue weighted by Crippen LogP contribution is 2.47. The van der Waals surface area contributed by atoms with Crippen LogP contribution in [-0.2, 0) is 4.74 Å². The van der Waals surface area contributed by atoms with E-state index in [2.05, 4.69) is 18.7 Å². The van der Waals surface area contributed by atoms with Crippen molar-refractivity contribution in [3.63, 3.8) is 0 Å². The highest BCUT2D eigenvalue weighted by Gasteiger charge is 2.48. The summed E-state index contributed by atoms with van der Waals surface area (Å²) in [7, 11) is 0. The molecule has 4 heteroatoms. The molecule has 0 aromatic heterocycles. The molecule has 1 aliphatic carbocycles. The third-order valence-electron chi connectivity index (χ3n) is 5.42. The average Bonchev–Trinajstić information content (AvgIpc) is 3.20. The number of aliphatic imine (C=N–C) groups is 1. The number of hydrogen-bond acceptors (Lipinski definition) is 2. The molecule has 2 aliphatic heterocycles. The van der Waals surface area contributed by atoms with Gasteiger partial charge in [0.15, 0.2) is 5.96 Å². The molecule has 3 fully saturated rings. The average molecular weight is 279 g/mol. The normalized spacial score (nSPS) is 36.6. The number of guanidine groups is 1. The Bertz CT molecular complexity index is 372. The van der Waals surface area contributed by atoms with Gasteiger partial charge in [0, 0.05) is 25.1 Å². The van der Waals surface area contributed by atoms with Crippen molar-refractivity contribution in [1.82, 2.24) is 4.90 Å². The highest BCUT2D eigenvalue weighted by molar-refractivity contribution is 5.78. The third-order valence-corrected chi connectivity index (χ3v) is 5.42. The van der Waals surface area contributed by atoms with E-state index in [0.717, 1.165) is 50.5 Å². The van der Waals surface area contributed by atoms with Gasteiger partial charge in [-0.25, -0.2) is 0 Å². The summed E-state index contributed by atoms with van der Waals surface area (Å²) in [4.78, 5) is 6.98. The molecular weight excluding hydrogens is 250 g/mol. The smallest absolute Gasteiger partial charge is 0.191 e. The predicted octanol–water partition coefficient (Wildman–Crippen LogP) is 2.24. The molecule has 2 heterocycles. The summed E-state index contributed by atoms with van der Waals surface area (Å²) >= 11 is 0. The van der Waals surface area contributed by atoms with Crippen LogP contribution in [0.1, 0.15) is 46.0 Å². The third kappa shape index (κ3) is 2.95. The molecular formula is C16H29N3O. The molecule has 114 valence electrons. The van der Waals surface area contributed by atoms with Crippen molar-refractivity contribution in [2.24, 2.45) is 28.0 Å². The summed E-state index contributed by atoms with van der Waals surface area (Å²) in [5.74, 6) is 2.37. The molecule has 2 atom stereocenters. The number of hydrogen-bond donors (Lipinski definition) is 1. The van der Waals surface area contributed by atoms with Gasteiger partial charge in [0.25, 0.3) is 0 Å². The van der Waals surface area contributed by atoms with Gasteiger partial charge < -0.3 is 15.4 Å². The minimum atomic E-state index is 0.203. The summed E-state index contributed by atoms with van der Waals surface area (Å²) in [5, 5.41) is 0. The van der Waals surface area contributed by atoms with Crippen LogP contribution >= 0.6 is 0 Å². The maximum absolute atomic E-state index is 6.20. The van der Waals surface area contributed by atoms with Gasteiger partial charge in [0.05, 0.1) is 12.6 Å². The zero-order chi connectivity index (χ0) is 14.2. The number of piperidine rings is 1. The van der Waals surface area contributed by atoms with E-state index in [-0.39, 0.29) is 5.41 Å². The lowest BCUT2D eigenvalue weighted by Gasteiger charge is -2.32. The zero-order valence-electron chi connectivity index (χ0n) is 13.0. The van der Waals surface area contributed by atoms with Crippen LogP contribution in [0.4, 0.5) is 0 Å². The van der Waals surface area contributed by atoms with Gasteiger partial charge >= 0.3 is 0 Å². The van der Waals surface area contributed by atoms with Crippen molar-refractivity contribution in [1.29, 1.82) is 0 Å². The van der Waals surface area contributed by atoms with Crippen LogP contribution in [0, 0.1) is 17.3 Å². The van der Waals surface area contributed by atoms with Crippen molar-refractivity contribution >= 4 is 5.96 Å². The van der Waals surface area contributed by atoms with E-state index < -0.39 is 0 Å². The van der Waals surface area contributed by atoms with Gasteiger partial charge in [-0.3, -0.25) is 4.99 Å². The Kier molecular flexibility index (Phi) is 3.93. The number of nitrogens with zero attached hydrogens (tertiary/aromatic N) is 2. The molecule has 0 aromatic rings. The molecule has 2 saturated heterocycles. The predicted molar refractivity (Wildman–Crippen MR) is 81.6 cm³/mol. The van der Waals surface area contributed by atoms with Gasteiger partial charge in [-0.15, -0.1) is 0 Å². The van der Waals surface area contributed by atoms with E-state index in [0.29, 0.717) is 6.10 Å². The van der Waals surface area contributed by atoms with Crippen LogP contribution in [0.3, 0.4) is 0 Å². The van der Waals surface area contributed by atoms with E-state index in [1.54, 1.807) is 0 Å². The maximum Gasteiger partial charge on any atom is 0.191 e. The number of likely N-dealkylation sites (tertiary alicyclic amines) is 1. The van der Waals surface area contributed by atoms with Gasteiger partial charge in [-0.05, 0) is 43.9 Å². The maximum atomic E-state index is 6.20. The first-order valence-electron chi connectivity index (χ1n) is 8.25. The van der Waals surface area contributed by atoms with E-state index in [1.807, 2.05) is 0 Å². The molecule has 0 radical (unpaired) electrons. The molecule has 4 nitrogen and oxygen atoms in total. The second-order valence-electron chi connectivity index (χ2n) is 7.38. The van der Waals surface area contributed by atoms with Crippen LogP contribution in [0.5, 0.6) is 0 Å². The van der Waals surface area contributed by atoms with Crippen molar-refractivity contribution in [2.75, 3.05) is 26.2 Å². The second kappa shape index (κ2) is 5.55. The Morgan fingerprint density at radius 1 is 1.30 bits per heavy atom. The quantitative estimate of drug-likeness (QED) is 0.637. The molecule has 0 spiro atoms. The molecule has 20 heavy (non-hydrogen) atoms. The SMILES string of the molecule is CC1CCN(C(N)=NCC2(C)CCOC2C2CC2)CC1. The Balaban J connectivity index is 1.58. The van der Waals surface area contributed by atoms with Crippen LogP contribution < -0.4 is 5.73 Å². The highest BCUT2D eigenvalue weighted by atomic mass is 16.5. The van der Waals surface area contributed by atoms with E-state index in [1.165, 1.54) is 25.7 Å². The minimum absolute atomic E-state index is 0.203. The number of ether oxygens (including phenoxy) is 1. The molecule has 2 N–H and O–H groups in total. The molecule has 0 bridgehead atoms. The zero-order valence-corrected chi connectivity index (χ0v) is 13.0. The minimum Gasteiger partial charge on any atom is -0.377 e. The number of nitrogens with two attached hydrogens (primary N) is 1. The Labute approximate surface area is 122 Å². The number of rotatable bonds is 3. The van der Waals surface area contributed by atoms with Crippen LogP contribution in [0.25, 0.3) is 0 Å². The summed E-state index contributed by atoms with van der Waals surface area (Å²) in [6, 6.07) is 0. The van der Waals surface area contributed by atoms with Gasteiger partial charge in [0.2, 0.25) is 0 Å². The van der Waals surface area contributed by atoms with Crippen LogP contribution in [0.15, 0.2) is 4.99 Å². The Morgan fingerprint density at radius 2 is 2.00 bits per heavy atom. The van der Waals surface area contributed by atoms with E-state index >= 15 is 0 Å². The lowest BCUT2D eigenvalue weighted by molar-refractivity contribution is 0.0424. The summed E-state index contributed by atoms with van der Waals surface area (Å²) < 4.78 is 5.96. The molecule has 3 aliphatic rings. The second-order valence-corrected chi connectivity index (χ2v) is 7.38. The van der Waals surface area contributed by atoms with Gasteiger partial charge in [0.1, 0.15) is 0 Å². The van der Waals surface area contributed by atoms with Crippen molar-refractivity contribution in [3.05, 3.63) is 0 Å². The molecule has 1 saturated carbocycles. The topological polar surface area (TPSA) is 50.8 Å². The Hall–Kier alpha value is -0.770. The largest absolute Gasteiger partial charge is 0.377 e. The van der Waals surface area contributed by atoms with Crippen molar-refractivity contribution < 1.29 is 4.74 Å².